The summed E-state index contributed by atoms with van der Waals surface area (Å²) in [6.45, 7) is 21.1. The minimum absolute atomic E-state index is 0.356. The van der Waals surface area contributed by atoms with E-state index < -0.39 is 0 Å². The maximum absolute atomic E-state index is 6.31. The Hall–Kier alpha value is -1.85. The summed E-state index contributed by atoms with van der Waals surface area (Å²) < 4.78 is 25.3. The zero-order valence-corrected chi connectivity index (χ0v) is 22.3. The van der Waals surface area contributed by atoms with Crippen LogP contribution in [0.5, 0.6) is 0 Å². The average Bonchev–Trinajstić information content (AvgIpc) is 3.10. The molecule has 0 aliphatic carbocycles. The third-order valence-electron chi connectivity index (χ3n) is 8.80. The molecule has 2 fully saturated rings. The van der Waals surface area contributed by atoms with Crippen molar-refractivity contribution in [2.75, 3.05) is 0 Å². The van der Waals surface area contributed by atoms with Crippen LogP contribution < -0.4 is 10.9 Å². The lowest BCUT2D eigenvalue weighted by Gasteiger charge is -2.32. The van der Waals surface area contributed by atoms with E-state index in [1.807, 2.05) is 0 Å². The molecule has 2 aliphatic heterocycles. The van der Waals surface area contributed by atoms with Crippen LogP contribution in [0.2, 0.25) is 0 Å². The van der Waals surface area contributed by atoms with Gasteiger partial charge in [-0.05, 0) is 113 Å². The lowest BCUT2D eigenvalue weighted by molar-refractivity contribution is 0.00578. The molecule has 5 rings (SSSR count). The van der Waals surface area contributed by atoms with Crippen LogP contribution in [0, 0.1) is 13.8 Å². The molecule has 0 atom stereocenters. The molecule has 0 spiro atoms. The molecule has 3 aromatic carbocycles. The molecular formula is C28H36B2O4. The van der Waals surface area contributed by atoms with Gasteiger partial charge in [0.05, 0.1) is 22.4 Å². The average molecular weight is 458 g/mol. The van der Waals surface area contributed by atoms with Gasteiger partial charge in [-0.15, -0.1) is 0 Å². The minimum Gasteiger partial charge on any atom is -0.399 e. The van der Waals surface area contributed by atoms with Crippen molar-refractivity contribution in [2.45, 2.75) is 91.6 Å². The maximum Gasteiger partial charge on any atom is 0.494 e. The first-order chi connectivity index (χ1) is 15.6. The van der Waals surface area contributed by atoms with E-state index in [0.717, 1.165) is 10.9 Å². The van der Waals surface area contributed by atoms with Crippen molar-refractivity contribution in [2.24, 2.45) is 0 Å². The zero-order chi connectivity index (χ0) is 24.8. The summed E-state index contributed by atoms with van der Waals surface area (Å²) in [5, 5.41) is 4.94. The molecule has 2 aliphatic rings. The van der Waals surface area contributed by atoms with Crippen LogP contribution in [-0.4, -0.2) is 36.6 Å². The highest BCUT2D eigenvalue weighted by Gasteiger charge is 2.52. The van der Waals surface area contributed by atoms with E-state index in [9.17, 15) is 0 Å². The molecule has 4 nitrogen and oxygen atoms in total. The van der Waals surface area contributed by atoms with Crippen LogP contribution in [0.25, 0.3) is 21.5 Å². The van der Waals surface area contributed by atoms with Crippen molar-refractivity contribution in [3.05, 3.63) is 47.5 Å². The van der Waals surface area contributed by atoms with E-state index in [0.29, 0.717) is 0 Å². The van der Waals surface area contributed by atoms with Crippen LogP contribution in [-0.2, 0) is 18.6 Å². The molecule has 6 heteroatoms. The van der Waals surface area contributed by atoms with E-state index in [1.165, 1.54) is 32.7 Å². The SMILES string of the molecule is Cc1c(C)c2cc(B3OC(C)(C)C(C)(C)O3)ccc2c2ccc(B3OC(C)(C)C(C)(C)O3)cc12. The summed E-state index contributed by atoms with van der Waals surface area (Å²) in [5.74, 6) is 0. The molecule has 0 unspecified atom stereocenters. The fraction of sp³-hybridized carbons (Fsp3) is 0.500. The second kappa shape index (κ2) is 7.33. The second-order valence-corrected chi connectivity index (χ2v) is 12.0. The summed E-state index contributed by atoms with van der Waals surface area (Å²) in [6, 6.07) is 13.2. The van der Waals surface area contributed by atoms with Crippen molar-refractivity contribution in [1.82, 2.24) is 0 Å². The van der Waals surface area contributed by atoms with Crippen molar-refractivity contribution in [3.63, 3.8) is 0 Å². The Bertz CT molecular complexity index is 1180. The normalized spacial score (nSPS) is 22.8. The van der Waals surface area contributed by atoms with Gasteiger partial charge in [-0.25, -0.2) is 0 Å². The van der Waals surface area contributed by atoms with Crippen LogP contribution in [0.15, 0.2) is 36.4 Å². The van der Waals surface area contributed by atoms with Gasteiger partial charge in [0.15, 0.2) is 0 Å². The topological polar surface area (TPSA) is 36.9 Å². The molecule has 2 saturated heterocycles. The number of hydrogen-bond donors (Lipinski definition) is 0. The summed E-state index contributed by atoms with van der Waals surface area (Å²) in [5.41, 5.74) is 3.23. The van der Waals surface area contributed by atoms with Crippen LogP contribution in [0.4, 0.5) is 0 Å². The molecule has 0 N–H and O–H groups in total. The maximum atomic E-state index is 6.31. The van der Waals surface area contributed by atoms with Crippen LogP contribution in [0.3, 0.4) is 0 Å². The number of rotatable bonds is 2. The summed E-state index contributed by atoms with van der Waals surface area (Å²) >= 11 is 0. The highest BCUT2D eigenvalue weighted by Crippen LogP contribution is 2.39. The molecule has 2 heterocycles. The van der Waals surface area contributed by atoms with Gasteiger partial charge in [-0.1, -0.05) is 36.4 Å². The van der Waals surface area contributed by atoms with E-state index in [1.54, 1.807) is 0 Å². The smallest absolute Gasteiger partial charge is 0.399 e. The Balaban J connectivity index is 1.58. The molecule has 34 heavy (non-hydrogen) atoms. The van der Waals surface area contributed by atoms with Crippen LogP contribution >= 0.6 is 0 Å². The van der Waals surface area contributed by atoms with Crippen molar-refractivity contribution < 1.29 is 18.6 Å². The van der Waals surface area contributed by atoms with Gasteiger partial charge in [0.1, 0.15) is 0 Å². The van der Waals surface area contributed by atoms with E-state index in [2.05, 4.69) is 106 Å². The second-order valence-electron chi connectivity index (χ2n) is 12.0. The minimum atomic E-state index is -0.365. The van der Waals surface area contributed by atoms with Gasteiger partial charge < -0.3 is 18.6 Å². The quantitative estimate of drug-likeness (QED) is 0.391. The number of fused-ring (bicyclic) bond motifs is 3. The van der Waals surface area contributed by atoms with Gasteiger partial charge in [0.2, 0.25) is 0 Å². The van der Waals surface area contributed by atoms with Gasteiger partial charge in [0.25, 0.3) is 0 Å². The standard InChI is InChI=1S/C28H36B2O4/c1-17-18(2)24-16-20(30-33-27(7,8)28(9,10)34-30)12-14-22(24)21-13-11-19(15-23(17)21)29-31-25(3,4)26(5,6)32-29/h11-16H,1-10H3. The Morgan fingerprint density at radius 1 is 0.471 bits per heavy atom. The van der Waals surface area contributed by atoms with Crippen molar-refractivity contribution >= 4 is 46.7 Å². The first-order valence-corrected chi connectivity index (χ1v) is 12.3. The van der Waals surface area contributed by atoms with Crippen LogP contribution in [0.1, 0.15) is 66.5 Å². The predicted molar refractivity (Wildman–Crippen MR) is 142 cm³/mol. The lowest BCUT2D eigenvalue weighted by Crippen LogP contribution is -2.41. The molecule has 178 valence electrons. The Labute approximate surface area is 204 Å². The third-order valence-corrected chi connectivity index (χ3v) is 8.80. The molecule has 3 aromatic rings. The largest absolute Gasteiger partial charge is 0.494 e. The fourth-order valence-corrected chi connectivity index (χ4v) is 4.87. The van der Waals surface area contributed by atoms with Gasteiger partial charge in [-0.3, -0.25) is 0 Å². The number of benzene rings is 3. The van der Waals surface area contributed by atoms with Gasteiger partial charge in [0, 0.05) is 0 Å². The predicted octanol–water partition coefficient (Wildman–Crippen LogP) is 5.21. The van der Waals surface area contributed by atoms with Crippen molar-refractivity contribution in [1.29, 1.82) is 0 Å². The van der Waals surface area contributed by atoms with Gasteiger partial charge in [-0.2, -0.15) is 0 Å². The first kappa shape index (κ1) is 23.9. The fourth-order valence-electron chi connectivity index (χ4n) is 4.87. The Morgan fingerprint density at radius 3 is 1.06 bits per heavy atom. The molecule has 0 amide bonds. The highest BCUT2D eigenvalue weighted by atomic mass is 16.7. The molecule has 0 aromatic heterocycles. The molecule has 0 radical (unpaired) electrons. The van der Waals surface area contributed by atoms with E-state index >= 15 is 0 Å². The molecule has 0 bridgehead atoms. The van der Waals surface area contributed by atoms with E-state index in [4.69, 9.17) is 18.6 Å². The number of hydrogen-bond acceptors (Lipinski definition) is 4. The van der Waals surface area contributed by atoms with Crippen molar-refractivity contribution in [3.8, 4) is 0 Å². The Morgan fingerprint density at radius 2 is 0.765 bits per heavy atom. The van der Waals surface area contributed by atoms with E-state index in [-0.39, 0.29) is 36.6 Å². The lowest BCUT2D eigenvalue weighted by atomic mass is 9.75. The molecule has 0 saturated carbocycles. The number of aryl methyl sites for hydroxylation is 2. The summed E-state index contributed by atoms with van der Waals surface area (Å²) in [6.07, 6.45) is 0. The van der Waals surface area contributed by atoms with Gasteiger partial charge >= 0.3 is 14.2 Å². The third kappa shape index (κ3) is 3.45. The zero-order valence-electron chi connectivity index (χ0n) is 22.3. The first-order valence-electron chi connectivity index (χ1n) is 12.3. The highest BCUT2D eigenvalue weighted by molar-refractivity contribution is 6.63. The Kier molecular flexibility index (Phi) is 5.15. The summed E-state index contributed by atoms with van der Waals surface area (Å²) in [7, 11) is -0.730. The molecular weight excluding hydrogens is 422 g/mol. The monoisotopic (exact) mass is 458 g/mol. The summed E-state index contributed by atoms with van der Waals surface area (Å²) in [4.78, 5) is 0.